The van der Waals surface area contributed by atoms with E-state index in [1.54, 1.807) is 22.4 Å². The molecule has 4 nitrogen and oxygen atoms in total. The van der Waals surface area contributed by atoms with E-state index in [4.69, 9.17) is 11.6 Å². The maximum absolute atomic E-state index is 12.3. The number of aromatic carboxylic acids is 1. The van der Waals surface area contributed by atoms with Crippen LogP contribution in [-0.4, -0.2) is 23.5 Å². The fraction of sp³-hybridized carbons (Fsp3) is 0.250. The van der Waals surface area contributed by atoms with E-state index in [1.807, 2.05) is 26.0 Å². The van der Waals surface area contributed by atoms with Crippen LogP contribution in [0.4, 0.5) is 5.69 Å². The molecule has 1 aliphatic heterocycles. The smallest absolute Gasteiger partial charge is 0.348 e. The summed E-state index contributed by atoms with van der Waals surface area (Å²) in [5.74, 6) is -1.07. The van der Waals surface area contributed by atoms with Gasteiger partial charge in [-0.3, -0.25) is 4.79 Å². The Hall–Kier alpha value is -1.85. The highest BCUT2D eigenvalue weighted by molar-refractivity contribution is 7.13. The van der Waals surface area contributed by atoms with Crippen LogP contribution in [0.15, 0.2) is 29.6 Å². The summed E-state index contributed by atoms with van der Waals surface area (Å²) in [4.78, 5) is 25.5. The number of anilines is 1. The molecule has 2 heterocycles. The number of hydrogen-bond donors (Lipinski definition) is 1. The number of carboxylic acids is 1. The Morgan fingerprint density at radius 2 is 1.95 bits per heavy atom. The minimum atomic E-state index is -1.02. The first-order chi connectivity index (χ1) is 10.3. The zero-order chi connectivity index (χ0) is 16.1. The van der Waals surface area contributed by atoms with Crippen molar-refractivity contribution in [3.8, 4) is 11.1 Å². The highest BCUT2D eigenvalue weighted by Crippen LogP contribution is 2.45. The van der Waals surface area contributed by atoms with Gasteiger partial charge in [0.2, 0.25) is 5.91 Å². The van der Waals surface area contributed by atoms with Gasteiger partial charge in [0.25, 0.3) is 0 Å². The molecular formula is C16H14ClNO3S. The number of β-lactam (4-membered cyclic amide) rings is 1. The summed E-state index contributed by atoms with van der Waals surface area (Å²) in [5, 5.41) is 11.8. The van der Waals surface area contributed by atoms with Crippen molar-refractivity contribution in [2.45, 2.75) is 13.8 Å². The lowest BCUT2D eigenvalue weighted by Crippen LogP contribution is -2.59. The number of carboxylic acid groups (broad SMARTS) is 1. The number of halogens is 1. The average Bonchev–Trinajstić information content (AvgIpc) is 2.90. The number of benzene rings is 1. The predicted molar refractivity (Wildman–Crippen MR) is 87.9 cm³/mol. The summed E-state index contributed by atoms with van der Waals surface area (Å²) >= 11 is 7.04. The molecule has 0 spiro atoms. The molecule has 1 aromatic carbocycles. The maximum atomic E-state index is 12.3. The SMILES string of the molecule is CC1(C)CN(c2c(-c3ccc(Cl)cc3)csc2C(=O)O)C1=O. The van der Waals surface area contributed by atoms with Gasteiger partial charge in [-0.25, -0.2) is 4.79 Å². The molecule has 0 bridgehead atoms. The Bertz CT molecular complexity index is 764. The van der Waals surface area contributed by atoms with Gasteiger partial charge in [-0.15, -0.1) is 11.3 Å². The molecule has 1 N–H and O–H groups in total. The number of hydrogen-bond acceptors (Lipinski definition) is 3. The number of carbonyl (C=O) groups is 2. The Morgan fingerprint density at radius 1 is 1.32 bits per heavy atom. The van der Waals surface area contributed by atoms with Gasteiger partial charge >= 0.3 is 5.97 Å². The molecule has 22 heavy (non-hydrogen) atoms. The zero-order valence-corrected chi connectivity index (χ0v) is 13.7. The Balaban J connectivity index is 2.11. The second kappa shape index (κ2) is 5.11. The van der Waals surface area contributed by atoms with Gasteiger partial charge in [0.15, 0.2) is 0 Å². The molecule has 1 amide bonds. The molecule has 1 saturated heterocycles. The average molecular weight is 336 g/mol. The second-order valence-corrected chi connectivity index (χ2v) is 7.23. The first kappa shape index (κ1) is 15.1. The van der Waals surface area contributed by atoms with E-state index in [2.05, 4.69) is 0 Å². The molecule has 2 aromatic rings. The lowest BCUT2D eigenvalue weighted by molar-refractivity contribution is -0.132. The Morgan fingerprint density at radius 3 is 2.45 bits per heavy atom. The van der Waals surface area contributed by atoms with E-state index in [0.29, 0.717) is 17.3 Å². The lowest BCUT2D eigenvalue weighted by atomic mass is 9.82. The van der Waals surface area contributed by atoms with E-state index in [-0.39, 0.29) is 10.8 Å². The number of thiophene rings is 1. The third-order valence-electron chi connectivity index (χ3n) is 3.76. The van der Waals surface area contributed by atoms with Gasteiger partial charge in [-0.05, 0) is 31.5 Å². The van der Waals surface area contributed by atoms with E-state index < -0.39 is 11.4 Å². The van der Waals surface area contributed by atoms with Crippen molar-refractivity contribution in [3.63, 3.8) is 0 Å². The summed E-state index contributed by atoms with van der Waals surface area (Å²) < 4.78 is 0. The van der Waals surface area contributed by atoms with Crippen molar-refractivity contribution >= 4 is 40.5 Å². The van der Waals surface area contributed by atoms with Crippen LogP contribution in [0.1, 0.15) is 23.5 Å². The van der Waals surface area contributed by atoms with Crippen molar-refractivity contribution in [2.75, 3.05) is 11.4 Å². The summed E-state index contributed by atoms with van der Waals surface area (Å²) in [6.07, 6.45) is 0. The van der Waals surface area contributed by atoms with Crippen LogP contribution in [0.5, 0.6) is 0 Å². The van der Waals surface area contributed by atoms with Crippen LogP contribution in [0.2, 0.25) is 5.02 Å². The van der Waals surface area contributed by atoms with Crippen molar-refractivity contribution in [2.24, 2.45) is 5.41 Å². The van der Waals surface area contributed by atoms with Gasteiger partial charge in [0.05, 0.1) is 11.1 Å². The van der Waals surface area contributed by atoms with E-state index in [9.17, 15) is 14.7 Å². The maximum Gasteiger partial charge on any atom is 0.348 e. The highest BCUT2D eigenvalue weighted by Gasteiger charge is 2.47. The first-order valence-electron chi connectivity index (χ1n) is 6.74. The van der Waals surface area contributed by atoms with Gasteiger partial charge in [-0.2, -0.15) is 0 Å². The molecule has 0 aliphatic carbocycles. The molecular weight excluding hydrogens is 322 g/mol. The molecule has 1 aliphatic rings. The topological polar surface area (TPSA) is 57.6 Å². The number of rotatable bonds is 3. The largest absolute Gasteiger partial charge is 0.477 e. The lowest BCUT2D eigenvalue weighted by Gasteiger charge is -2.44. The van der Waals surface area contributed by atoms with E-state index >= 15 is 0 Å². The van der Waals surface area contributed by atoms with Crippen LogP contribution < -0.4 is 4.90 Å². The van der Waals surface area contributed by atoms with Gasteiger partial charge in [0, 0.05) is 22.5 Å². The summed E-state index contributed by atoms with van der Waals surface area (Å²) in [5.41, 5.74) is 1.65. The molecule has 0 radical (unpaired) electrons. The molecule has 0 atom stereocenters. The van der Waals surface area contributed by atoms with Gasteiger partial charge < -0.3 is 10.0 Å². The van der Waals surface area contributed by atoms with Crippen LogP contribution in [0.25, 0.3) is 11.1 Å². The Labute approximate surface area is 136 Å². The van der Waals surface area contributed by atoms with Crippen LogP contribution in [0, 0.1) is 5.41 Å². The van der Waals surface area contributed by atoms with Crippen molar-refractivity contribution < 1.29 is 14.7 Å². The minimum absolute atomic E-state index is 0.0522. The Kier molecular flexibility index (Phi) is 3.50. The fourth-order valence-electron chi connectivity index (χ4n) is 2.60. The monoisotopic (exact) mass is 335 g/mol. The van der Waals surface area contributed by atoms with Crippen molar-refractivity contribution in [1.29, 1.82) is 0 Å². The van der Waals surface area contributed by atoms with E-state index in [0.717, 1.165) is 22.5 Å². The quantitative estimate of drug-likeness (QED) is 0.858. The molecule has 0 saturated carbocycles. The molecule has 114 valence electrons. The fourth-order valence-corrected chi connectivity index (χ4v) is 3.64. The number of carbonyl (C=O) groups excluding carboxylic acids is 1. The van der Waals surface area contributed by atoms with Crippen LogP contribution >= 0.6 is 22.9 Å². The second-order valence-electron chi connectivity index (χ2n) is 5.91. The normalized spacial score (nSPS) is 16.5. The number of nitrogens with zero attached hydrogens (tertiary/aromatic N) is 1. The van der Waals surface area contributed by atoms with Crippen molar-refractivity contribution in [1.82, 2.24) is 0 Å². The third-order valence-corrected chi connectivity index (χ3v) is 4.97. The zero-order valence-electron chi connectivity index (χ0n) is 12.1. The predicted octanol–water partition coefficient (Wildman–Crippen LogP) is 4.14. The molecule has 1 fully saturated rings. The molecule has 1 aromatic heterocycles. The molecule has 0 unspecified atom stereocenters. The minimum Gasteiger partial charge on any atom is -0.477 e. The third kappa shape index (κ3) is 2.30. The summed E-state index contributed by atoms with van der Waals surface area (Å²) in [6, 6.07) is 7.16. The first-order valence-corrected chi connectivity index (χ1v) is 8.00. The standard InChI is InChI=1S/C16H14ClNO3S/c1-16(2)8-18(15(16)21)12-11(7-22-13(12)14(19)20)9-3-5-10(17)6-4-9/h3-7H,8H2,1-2H3,(H,19,20). The van der Waals surface area contributed by atoms with Gasteiger partial charge in [-0.1, -0.05) is 23.7 Å². The summed E-state index contributed by atoms with van der Waals surface area (Å²) in [6.45, 7) is 4.24. The van der Waals surface area contributed by atoms with Crippen molar-refractivity contribution in [3.05, 3.63) is 39.5 Å². The highest BCUT2D eigenvalue weighted by atomic mass is 35.5. The van der Waals surface area contributed by atoms with Crippen LogP contribution in [-0.2, 0) is 4.79 Å². The summed E-state index contributed by atoms with van der Waals surface area (Å²) in [7, 11) is 0. The molecule has 6 heteroatoms. The van der Waals surface area contributed by atoms with Gasteiger partial charge in [0.1, 0.15) is 4.88 Å². The molecule has 3 rings (SSSR count). The number of amides is 1. The van der Waals surface area contributed by atoms with Crippen LogP contribution in [0.3, 0.4) is 0 Å². The van der Waals surface area contributed by atoms with E-state index in [1.165, 1.54) is 0 Å².